The van der Waals surface area contributed by atoms with Crippen molar-refractivity contribution in [1.29, 1.82) is 0 Å². The van der Waals surface area contributed by atoms with Crippen LogP contribution < -0.4 is 20.1 Å². The zero-order valence-corrected chi connectivity index (χ0v) is 12.5. The van der Waals surface area contributed by atoms with Crippen molar-refractivity contribution in [3.05, 3.63) is 28.4 Å². The number of halogens is 1. The lowest BCUT2D eigenvalue weighted by molar-refractivity contribution is -0.115. The molecular formula is C15H13ClN2O4. The molecule has 1 aromatic carbocycles. The maximum Gasteiger partial charge on any atom is 0.326 e. The van der Waals surface area contributed by atoms with Gasteiger partial charge in [-0.25, -0.2) is 4.79 Å². The van der Waals surface area contributed by atoms with E-state index in [-0.39, 0.29) is 17.3 Å². The minimum absolute atomic E-state index is 0.0543. The van der Waals surface area contributed by atoms with E-state index in [0.29, 0.717) is 23.7 Å². The van der Waals surface area contributed by atoms with Gasteiger partial charge >= 0.3 is 6.03 Å². The summed E-state index contributed by atoms with van der Waals surface area (Å²) in [6, 6.07) is 2.66. The summed E-state index contributed by atoms with van der Waals surface area (Å²) in [7, 11) is 0. The summed E-state index contributed by atoms with van der Waals surface area (Å²) >= 11 is 6.17. The Morgan fingerprint density at radius 1 is 1.32 bits per heavy atom. The number of benzene rings is 1. The van der Waals surface area contributed by atoms with Gasteiger partial charge in [0, 0.05) is 0 Å². The number of imide groups is 1. The van der Waals surface area contributed by atoms with Crippen LogP contribution in [0.15, 0.2) is 17.8 Å². The van der Waals surface area contributed by atoms with Gasteiger partial charge in [-0.1, -0.05) is 17.5 Å². The average molecular weight is 321 g/mol. The van der Waals surface area contributed by atoms with Crippen LogP contribution in [0, 0.1) is 12.3 Å². The van der Waals surface area contributed by atoms with Crippen molar-refractivity contribution in [2.75, 3.05) is 13.2 Å². The molecule has 1 aromatic rings. The smallest absolute Gasteiger partial charge is 0.326 e. The maximum absolute atomic E-state index is 11.5. The Morgan fingerprint density at radius 2 is 2.09 bits per heavy atom. The molecule has 6 nitrogen and oxygen atoms in total. The van der Waals surface area contributed by atoms with Crippen molar-refractivity contribution in [2.45, 2.75) is 6.92 Å². The normalized spacial score (nSPS) is 15.2. The molecule has 7 heteroatoms. The lowest BCUT2D eigenvalue weighted by Crippen LogP contribution is -2.22. The van der Waals surface area contributed by atoms with Gasteiger partial charge in [0.15, 0.2) is 11.5 Å². The number of terminal acetylenes is 1. The molecule has 2 rings (SSSR count). The molecular weight excluding hydrogens is 308 g/mol. The number of carbonyl (C=O) groups excluding carboxylic acids is 2. The van der Waals surface area contributed by atoms with E-state index in [1.807, 2.05) is 6.92 Å². The van der Waals surface area contributed by atoms with E-state index in [2.05, 4.69) is 16.6 Å². The van der Waals surface area contributed by atoms with Crippen LogP contribution in [0.5, 0.6) is 11.5 Å². The van der Waals surface area contributed by atoms with E-state index in [1.165, 1.54) is 6.08 Å². The Morgan fingerprint density at radius 3 is 2.68 bits per heavy atom. The molecule has 0 aliphatic carbocycles. The highest BCUT2D eigenvalue weighted by Gasteiger charge is 2.23. The molecule has 1 heterocycles. The number of carbonyl (C=O) groups is 2. The van der Waals surface area contributed by atoms with Gasteiger partial charge in [0.2, 0.25) is 0 Å². The number of amides is 3. The largest absolute Gasteiger partial charge is 0.490 e. The molecule has 22 heavy (non-hydrogen) atoms. The maximum atomic E-state index is 11.5. The molecule has 0 atom stereocenters. The molecule has 1 saturated heterocycles. The van der Waals surface area contributed by atoms with Crippen LogP contribution in [0.4, 0.5) is 4.79 Å². The van der Waals surface area contributed by atoms with Crippen molar-refractivity contribution in [3.8, 4) is 23.8 Å². The van der Waals surface area contributed by atoms with Crippen molar-refractivity contribution in [2.24, 2.45) is 0 Å². The Balaban J connectivity index is 2.38. The van der Waals surface area contributed by atoms with Crippen molar-refractivity contribution >= 4 is 29.6 Å². The zero-order chi connectivity index (χ0) is 16.1. The molecule has 0 aromatic heterocycles. The second-order valence-corrected chi connectivity index (χ2v) is 4.63. The first-order valence-electron chi connectivity index (χ1n) is 6.41. The number of rotatable bonds is 5. The molecule has 0 radical (unpaired) electrons. The molecule has 0 bridgehead atoms. The number of hydrogen-bond donors (Lipinski definition) is 2. The first kappa shape index (κ1) is 15.7. The highest BCUT2D eigenvalue weighted by atomic mass is 35.5. The number of nitrogens with one attached hydrogen (secondary N) is 2. The number of urea groups is 1. The standard InChI is InChI=1S/C15H13ClN2O4/c1-3-5-22-13-10(16)6-9(8-12(13)21-4-2)7-11-14(19)18-15(20)17-11/h1,6-8H,4-5H2,2H3,(H2,17,18,19,20)/b11-7+. The van der Waals surface area contributed by atoms with Crippen LogP contribution >= 0.6 is 11.6 Å². The monoisotopic (exact) mass is 320 g/mol. The lowest BCUT2D eigenvalue weighted by atomic mass is 10.1. The van der Waals surface area contributed by atoms with Crippen molar-refractivity contribution < 1.29 is 19.1 Å². The topological polar surface area (TPSA) is 76.7 Å². The SMILES string of the molecule is C#CCOc1c(Cl)cc(/C=C2/NC(=O)NC2=O)cc1OCC. The highest BCUT2D eigenvalue weighted by molar-refractivity contribution is 6.32. The van der Waals surface area contributed by atoms with Crippen molar-refractivity contribution in [1.82, 2.24) is 10.6 Å². The van der Waals surface area contributed by atoms with Crippen molar-refractivity contribution in [3.63, 3.8) is 0 Å². The highest BCUT2D eigenvalue weighted by Crippen LogP contribution is 2.37. The van der Waals surface area contributed by atoms with E-state index in [1.54, 1.807) is 12.1 Å². The van der Waals surface area contributed by atoms with Crippen LogP contribution in [-0.4, -0.2) is 25.2 Å². The van der Waals surface area contributed by atoms with E-state index in [0.717, 1.165) is 0 Å². The van der Waals surface area contributed by atoms with Crippen LogP contribution in [-0.2, 0) is 4.79 Å². The summed E-state index contributed by atoms with van der Waals surface area (Å²) in [6.45, 7) is 2.27. The molecule has 0 spiro atoms. The third-order valence-corrected chi connectivity index (χ3v) is 2.94. The van der Waals surface area contributed by atoms with Gasteiger partial charge in [0.05, 0.1) is 11.6 Å². The first-order valence-corrected chi connectivity index (χ1v) is 6.79. The van der Waals surface area contributed by atoms with Gasteiger partial charge in [0.1, 0.15) is 12.3 Å². The van der Waals surface area contributed by atoms with E-state index in [9.17, 15) is 9.59 Å². The predicted molar refractivity (Wildman–Crippen MR) is 81.6 cm³/mol. The second kappa shape index (κ2) is 6.87. The summed E-state index contributed by atoms with van der Waals surface area (Å²) in [4.78, 5) is 22.6. The van der Waals surface area contributed by atoms with Gasteiger partial charge in [-0.15, -0.1) is 6.42 Å². The Labute approximate surface area is 132 Å². The van der Waals surface area contributed by atoms with Crippen LogP contribution in [0.1, 0.15) is 12.5 Å². The number of hydrogen-bond acceptors (Lipinski definition) is 4. The fourth-order valence-electron chi connectivity index (χ4n) is 1.84. The third kappa shape index (κ3) is 3.51. The van der Waals surface area contributed by atoms with Crippen LogP contribution in [0.3, 0.4) is 0 Å². The molecule has 0 unspecified atom stereocenters. The fourth-order valence-corrected chi connectivity index (χ4v) is 2.11. The Hall–Kier alpha value is -2.65. The van der Waals surface area contributed by atoms with Crippen LogP contribution in [0.2, 0.25) is 5.02 Å². The summed E-state index contributed by atoms with van der Waals surface area (Å²) in [5, 5.41) is 4.79. The van der Waals surface area contributed by atoms with Gasteiger partial charge < -0.3 is 14.8 Å². The minimum Gasteiger partial charge on any atom is -0.490 e. The van der Waals surface area contributed by atoms with E-state index < -0.39 is 11.9 Å². The quantitative estimate of drug-likeness (QED) is 0.494. The predicted octanol–water partition coefficient (Wildman–Crippen LogP) is 1.93. The molecule has 114 valence electrons. The van der Waals surface area contributed by atoms with E-state index in [4.69, 9.17) is 27.5 Å². The van der Waals surface area contributed by atoms with E-state index >= 15 is 0 Å². The third-order valence-electron chi connectivity index (χ3n) is 2.66. The summed E-state index contributed by atoms with van der Waals surface area (Å²) < 4.78 is 10.8. The molecule has 3 amide bonds. The first-order chi connectivity index (χ1) is 10.5. The minimum atomic E-state index is -0.568. The molecule has 2 N–H and O–H groups in total. The van der Waals surface area contributed by atoms with Gasteiger partial charge in [-0.3, -0.25) is 10.1 Å². The van der Waals surface area contributed by atoms with Gasteiger partial charge in [-0.05, 0) is 30.7 Å². The second-order valence-electron chi connectivity index (χ2n) is 4.22. The zero-order valence-electron chi connectivity index (χ0n) is 11.7. The van der Waals surface area contributed by atoms with Crippen LogP contribution in [0.25, 0.3) is 6.08 Å². The summed E-state index contributed by atoms with van der Waals surface area (Å²) in [5.41, 5.74) is 0.703. The van der Waals surface area contributed by atoms with Gasteiger partial charge in [0.25, 0.3) is 5.91 Å². The summed E-state index contributed by atoms with van der Waals surface area (Å²) in [6.07, 6.45) is 6.65. The average Bonchev–Trinajstić information content (AvgIpc) is 2.76. The Bertz CT molecular complexity index is 692. The fraction of sp³-hybridized carbons (Fsp3) is 0.200. The molecule has 0 saturated carbocycles. The lowest BCUT2D eigenvalue weighted by Gasteiger charge is -2.13. The number of ether oxygens (including phenoxy) is 2. The van der Waals surface area contributed by atoms with Gasteiger partial charge in [-0.2, -0.15) is 0 Å². The molecule has 1 aliphatic rings. The summed E-state index contributed by atoms with van der Waals surface area (Å²) in [5.74, 6) is 2.58. The molecule has 1 aliphatic heterocycles. The molecule has 1 fully saturated rings. The Kier molecular flexibility index (Phi) is 4.92.